The molecule has 15 heteroatoms. The third-order valence-electron chi connectivity index (χ3n) is 3.02. The molecule has 0 radical (unpaired) electrons. The van der Waals surface area contributed by atoms with Gasteiger partial charge in [0, 0.05) is 26.4 Å². The number of hydrogen-bond donors (Lipinski definition) is 3. The van der Waals surface area contributed by atoms with Gasteiger partial charge in [-0.3, -0.25) is 18.9 Å². The Balaban J connectivity index is 2.01. The molecule has 0 amide bonds. The summed E-state index contributed by atoms with van der Waals surface area (Å²) in [5, 5.41) is 9.81. The molecule has 4 atom stereocenters. The Labute approximate surface area is 133 Å². The molecule has 1 aliphatic heterocycles. The largest absolute Gasteiger partial charge is 0.799 e. The Morgan fingerprint density at radius 1 is 1.42 bits per heavy atom. The number of aliphatic hydroxyl groups excluding tert-OH is 1. The molecule has 2 heterocycles. The third kappa shape index (κ3) is 5.18. The molecule has 3 N–H and O–H groups in total. The summed E-state index contributed by atoms with van der Waals surface area (Å²) in [6.07, 6.45) is -2.43. The highest BCUT2D eigenvalue weighted by Gasteiger charge is 2.36. The monoisotopic (exact) mass is 384 g/mol. The van der Waals surface area contributed by atoms with Crippen molar-refractivity contribution in [3.63, 3.8) is 0 Å². The molecule has 0 aliphatic carbocycles. The van der Waals surface area contributed by atoms with Gasteiger partial charge in [-0.15, -0.1) is 0 Å². The van der Waals surface area contributed by atoms with Crippen LogP contribution in [0.3, 0.4) is 0 Å². The first-order chi connectivity index (χ1) is 11.0. The molecular formula is C9H12N3O10P2-3. The van der Waals surface area contributed by atoms with Crippen molar-refractivity contribution in [3.8, 4) is 0 Å². The number of aromatic nitrogens is 2. The fourth-order valence-electron chi connectivity index (χ4n) is 2.04. The van der Waals surface area contributed by atoms with E-state index in [0.717, 1.165) is 21.7 Å². The van der Waals surface area contributed by atoms with E-state index in [2.05, 4.69) is 4.52 Å². The van der Waals surface area contributed by atoms with E-state index in [1.807, 2.05) is 4.98 Å². The molecule has 1 aromatic rings. The second-order valence-corrected chi connectivity index (χ2v) is 7.89. The van der Waals surface area contributed by atoms with E-state index in [9.17, 15) is 38.5 Å². The van der Waals surface area contributed by atoms with Crippen molar-refractivity contribution < 1.29 is 38.2 Å². The van der Waals surface area contributed by atoms with E-state index in [0.29, 0.717) is 0 Å². The molecule has 1 fully saturated rings. The highest BCUT2D eigenvalue weighted by Crippen LogP contribution is 2.41. The van der Waals surface area contributed by atoms with Crippen molar-refractivity contribution in [3.05, 3.63) is 33.1 Å². The fraction of sp³-hybridized carbons (Fsp3) is 0.556. The molecule has 1 aliphatic rings. The van der Waals surface area contributed by atoms with E-state index in [-0.39, 0.29) is 6.42 Å². The van der Waals surface area contributed by atoms with Gasteiger partial charge in [0.2, 0.25) is 7.75 Å². The molecule has 0 spiro atoms. The van der Waals surface area contributed by atoms with Crippen LogP contribution in [0, 0.1) is 0 Å². The van der Waals surface area contributed by atoms with E-state index < -0.39 is 51.8 Å². The fourth-order valence-corrected chi connectivity index (χ4v) is 3.81. The Morgan fingerprint density at radius 3 is 2.67 bits per heavy atom. The summed E-state index contributed by atoms with van der Waals surface area (Å²) in [5.41, 5.74) is -1.43. The first-order valence-electron chi connectivity index (χ1n) is 6.39. The molecule has 1 unspecified atom stereocenters. The van der Waals surface area contributed by atoms with Gasteiger partial charge in [-0.05, 0) is 0 Å². The van der Waals surface area contributed by atoms with Crippen LogP contribution < -0.4 is 30.8 Å². The van der Waals surface area contributed by atoms with Crippen molar-refractivity contribution in [2.75, 3.05) is 6.61 Å². The maximum Gasteiger partial charge on any atom is 0.330 e. The summed E-state index contributed by atoms with van der Waals surface area (Å²) >= 11 is 0. The van der Waals surface area contributed by atoms with Crippen molar-refractivity contribution in [2.24, 2.45) is 0 Å². The van der Waals surface area contributed by atoms with Gasteiger partial charge >= 0.3 is 5.69 Å². The highest BCUT2D eigenvalue weighted by molar-refractivity contribution is 7.64. The van der Waals surface area contributed by atoms with Crippen molar-refractivity contribution in [1.82, 2.24) is 14.4 Å². The number of H-pyrrole nitrogens is 1. The standard InChI is InChI=1S/C9H15N3O10P2/c13-5-3-8(12-2-1-7(14)10-9(12)15)22-6(5)4-21-24(19,20)11-23(16,17)18/h1-2,5-6,8,13H,3-4H2,(H,10,14,15)(H4,11,16,17,18,19,20)/p-3/t5-,6+,8+/m0/s1. The van der Waals surface area contributed by atoms with Gasteiger partial charge in [0.25, 0.3) is 5.56 Å². The Kier molecular flexibility index (Phi) is 5.60. The Morgan fingerprint density at radius 2 is 2.08 bits per heavy atom. The lowest BCUT2D eigenvalue weighted by Crippen LogP contribution is -2.33. The summed E-state index contributed by atoms with van der Waals surface area (Å²) in [5.74, 6) is 0. The zero-order valence-electron chi connectivity index (χ0n) is 11.8. The Bertz CT molecular complexity index is 799. The van der Waals surface area contributed by atoms with E-state index in [1.165, 1.54) is 0 Å². The van der Waals surface area contributed by atoms with Crippen LogP contribution in [0.4, 0.5) is 0 Å². The summed E-state index contributed by atoms with van der Waals surface area (Å²) in [6.45, 7) is -0.788. The normalized spacial score (nSPS) is 27.1. The zero-order valence-corrected chi connectivity index (χ0v) is 13.6. The molecule has 24 heavy (non-hydrogen) atoms. The van der Waals surface area contributed by atoms with Crippen LogP contribution >= 0.6 is 15.5 Å². The number of nitrogens with zero attached hydrogens (tertiary/aromatic N) is 1. The second kappa shape index (κ2) is 7.00. The van der Waals surface area contributed by atoms with E-state index in [4.69, 9.17) is 4.74 Å². The van der Waals surface area contributed by atoms with Gasteiger partial charge in [0.15, 0.2) is 0 Å². The van der Waals surface area contributed by atoms with Crippen LogP contribution in [0.25, 0.3) is 0 Å². The van der Waals surface area contributed by atoms with Crippen LogP contribution in [0.5, 0.6) is 0 Å². The molecule has 136 valence electrons. The highest BCUT2D eigenvalue weighted by atomic mass is 31.3. The van der Waals surface area contributed by atoms with Gasteiger partial charge in [-0.2, -0.15) is 0 Å². The van der Waals surface area contributed by atoms with Crippen LogP contribution in [0.1, 0.15) is 12.6 Å². The van der Waals surface area contributed by atoms with Gasteiger partial charge < -0.3 is 33.6 Å². The third-order valence-corrected chi connectivity index (χ3v) is 5.47. The van der Waals surface area contributed by atoms with Gasteiger partial charge in [-0.1, -0.05) is 0 Å². The second-order valence-electron chi connectivity index (χ2n) is 4.84. The summed E-state index contributed by atoms with van der Waals surface area (Å²) in [6, 6.07) is 1.05. The average molecular weight is 384 g/mol. The van der Waals surface area contributed by atoms with Crippen molar-refractivity contribution in [2.45, 2.75) is 24.9 Å². The smallest absolute Gasteiger partial charge is 0.330 e. The molecule has 1 aromatic heterocycles. The number of hydrogen-bond acceptors (Lipinski definition) is 10. The topological polar surface area (TPSA) is 209 Å². The minimum Gasteiger partial charge on any atom is -0.799 e. The lowest BCUT2D eigenvalue weighted by molar-refractivity contribution is -0.317. The summed E-state index contributed by atoms with van der Waals surface area (Å²) < 4.78 is 32.1. The first-order valence-corrected chi connectivity index (χ1v) is 9.47. The van der Waals surface area contributed by atoms with Crippen molar-refractivity contribution in [1.29, 1.82) is 0 Å². The van der Waals surface area contributed by atoms with Gasteiger partial charge in [0.1, 0.15) is 12.3 Å². The van der Waals surface area contributed by atoms with E-state index in [1.54, 1.807) is 0 Å². The van der Waals surface area contributed by atoms with Crippen LogP contribution in [-0.4, -0.2) is 33.5 Å². The van der Waals surface area contributed by atoms with Crippen LogP contribution in [0.2, 0.25) is 0 Å². The van der Waals surface area contributed by atoms with Gasteiger partial charge in [-0.25, -0.2) is 9.65 Å². The van der Waals surface area contributed by atoms with Crippen molar-refractivity contribution >= 4 is 15.5 Å². The molecule has 0 saturated carbocycles. The number of ether oxygens (including phenoxy) is 1. The minimum absolute atomic E-state index is 0.113. The number of aromatic amines is 1. The predicted molar refractivity (Wildman–Crippen MR) is 70.2 cm³/mol. The maximum absolute atomic E-state index is 11.6. The number of aliphatic hydroxyl groups is 1. The summed E-state index contributed by atoms with van der Waals surface area (Å²) in [4.78, 5) is 57.4. The maximum atomic E-state index is 11.6. The molecule has 0 aromatic carbocycles. The molecule has 13 nitrogen and oxygen atoms in total. The van der Waals surface area contributed by atoms with Crippen LogP contribution in [-0.2, 0) is 18.4 Å². The average Bonchev–Trinajstić information content (AvgIpc) is 2.75. The zero-order chi connectivity index (χ0) is 18.1. The molecule has 0 bridgehead atoms. The Hall–Kier alpha value is -1.14. The number of nitrogens with one attached hydrogen (secondary N) is 2. The van der Waals surface area contributed by atoms with E-state index >= 15 is 0 Å². The SMILES string of the molecule is O=c1ccn([C@H]2C[C@H](O)[C@@H](COP(=O)([O-])NP(=O)([O-])[O-])O2)c(=O)[nH]1. The lowest BCUT2D eigenvalue weighted by atomic mass is 10.2. The first kappa shape index (κ1) is 19.2. The minimum atomic E-state index is -5.57. The predicted octanol–water partition coefficient (Wildman–Crippen LogP) is -3.91. The molecular weight excluding hydrogens is 372 g/mol. The molecule has 1 saturated heterocycles. The van der Waals surface area contributed by atoms with Gasteiger partial charge in [0.05, 0.1) is 12.7 Å². The van der Waals surface area contributed by atoms with Crippen LogP contribution in [0.15, 0.2) is 21.9 Å². The molecule has 2 rings (SSSR count). The lowest BCUT2D eigenvalue weighted by Gasteiger charge is -2.37. The summed E-state index contributed by atoms with van der Waals surface area (Å²) in [7, 11) is -10.8. The quantitative estimate of drug-likeness (QED) is 0.403. The number of rotatable bonds is 6.